The molecule has 0 aromatic heterocycles. The molecule has 0 spiro atoms. The second-order valence-corrected chi connectivity index (χ2v) is 8.43. The van der Waals surface area contributed by atoms with E-state index in [1.165, 1.54) is 24.9 Å². The van der Waals surface area contributed by atoms with Gasteiger partial charge >= 0.3 is 0 Å². The van der Waals surface area contributed by atoms with E-state index in [1.807, 2.05) is 0 Å². The van der Waals surface area contributed by atoms with Crippen molar-refractivity contribution in [2.75, 3.05) is 32.1 Å². The van der Waals surface area contributed by atoms with Gasteiger partial charge in [-0.05, 0) is 68.0 Å². The van der Waals surface area contributed by atoms with Gasteiger partial charge < -0.3 is 9.80 Å². The third kappa shape index (κ3) is 3.85. The van der Waals surface area contributed by atoms with E-state index >= 15 is 0 Å². The third-order valence-corrected chi connectivity index (χ3v) is 6.91. The molecule has 1 saturated heterocycles. The standard InChI is InChI=1S/C23H29ClN2.ClH/c1-4-25(2)22-12-9-16(13-21(22)24)14-23-19-11-10-17-7-5-6-8-18(17)20(19)15-26(23)3;/h5-9,12-13,19-20,23H,4,10-11,14-15H2,1-3H3;1H. The maximum atomic E-state index is 6.57. The molecule has 2 nitrogen and oxygen atoms in total. The highest BCUT2D eigenvalue weighted by Crippen LogP contribution is 2.45. The van der Waals surface area contributed by atoms with E-state index < -0.39 is 0 Å². The lowest BCUT2D eigenvalue weighted by atomic mass is 9.74. The molecular weight excluding hydrogens is 375 g/mol. The molecule has 4 rings (SSSR count). The molecule has 2 aliphatic rings. The van der Waals surface area contributed by atoms with Crippen LogP contribution in [0, 0.1) is 5.92 Å². The van der Waals surface area contributed by atoms with Crippen LogP contribution < -0.4 is 4.90 Å². The van der Waals surface area contributed by atoms with Gasteiger partial charge in [-0.3, -0.25) is 0 Å². The van der Waals surface area contributed by atoms with Gasteiger partial charge in [-0.2, -0.15) is 0 Å². The van der Waals surface area contributed by atoms with Gasteiger partial charge in [0.05, 0.1) is 10.7 Å². The van der Waals surface area contributed by atoms with Gasteiger partial charge in [-0.25, -0.2) is 0 Å². The largest absolute Gasteiger partial charge is 0.374 e. The Kier molecular flexibility index (Phi) is 6.40. The number of benzene rings is 2. The number of aryl methyl sites for hydroxylation is 1. The van der Waals surface area contributed by atoms with Crippen LogP contribution in [-0.2, 0) is 12.8 Å². The summed E-state index contributed by atoms with van der Waals surface area (Å²) in [5, 5.41) is 0.873. The number of nitrogens with zero attached hydrogens (tertiary/aromatic N) is 2. The number of hydrogen-bond donors (Lipinski definition) is 0. The molecule has 2 aromatic carbocycles. The number of hydrogen-bond acceptors (Lipinski definition) is 2. The van der Waals surface area contributed by atoms with Crippen molar-refractivity contribution in [1.82, 2.24) is 4.90 Å². The molecule has 2 aromatic rings. The van der Waals surface area contributed by atoms with Crippen LogP contribution in [0.3, 0.4) is 0 Å². The highest BCUT2D eigenvalue weighted by molar-refractivity contribution is 6.33. The lowest BCUT2D eigenvalue weighted by molar-refractivity contribution is 0.259. The molecule has 27 heavy (non-hydrogen) atoms. The molecule has 1 aliphatic carbocycles. The molecule has 0 radical (unpaired) electrons. The van der Waals surface area contributed by atoms with Crippen LogP contribution >= 0.6 is 24.0 Å². The Morgan fingerprint density at radius 2 is 1.96 bits per heavy atom. The number of rotatable bonds is 4. The zero-order valence-corrected chi connectivity index (χ0v) is 18.1. The summed E-state index contributed by atoms with van der Waals surface area (Å²) in [6.07, 6.45) is 3.62. The second-order valence-electron chi connectivity index (χ2n) is 8.02. The zero-order valence-electron chi connectivity index (χ0n) is 16.5. The second kappa shape index (κ2) is 8.43. The van der Waals surface area contributed by atoms with E-state index in [9.17, 15) is 0 Å². The average Bonchev–Trinajstić information content (AvgIpc) is 2.97. The first-order valence-corrected chi connectivity index (χ1v) is 10.2. The Morgan fingerprint density at radius 1 is 1.19 bits per heavy atom. The summed E-state index contributed by atoms with van der Waals surface area (Å²) >= 11 is 6.57. The van der Waals surface area contributed by atoms with Crippen LogP contribution in [0.5, 0.6) is 0 Å². The van der Waals surface area contributed by atoms with Gasteiger partial charge in [0.2, 0.25) is 0 Å². The van der Waals surface area contributed by atoms with Crippen molar-refractivity contribution in [2.45, 2.75) is 38.1 Å². The molecule has 0 saturated carbocycles. The lowest BCUT2D eigenvalue weighted by Gasteiger charge is -2.31. The summed E-state index contributed by atoms with van der Waals surface area (Å²) in [6, 6.07) is 16.3. The Labute approximate surface area is 174 Å². The minimum Gasteiger partial charge on any atom is -0.374 e. The van der Waals surface area contributed by atoms with Crippen molar-refractivity contribution in [1.29, 1.82) is 0 Å². The summed E-state index contributed by atoms with van der Waals surface area (Å²) in [6.45, 7) is 4.29. The molecule has 0 bridgehead atoms. The van der Waals surface area contributed by atoms with Crippen LogP contribution in [0.1, 0.15) is 36.0 Å². The molecular formula is C23H30Cl2N2. The highest BCUT2D eigenvalue weighted by Gasteiger charge is 2.42. The Bertz CT molecular complexity index is 792. The smallest absolute Gasteiger partial charge is 0.0642 e. The molecule has 1 heterocycles. The maximum Gasteiger partial charge on any atom is 0.0642 e. The molecule has 1 aliphatic heterocycles. The third-order valence-electron chi connectivity index (χ3n) is 6.61. The van der Waals surface area contributed by atoms with Crippen molar-refractivity contribution in [3.05, 3.63) is 64.2 Å². The fourth-order valence-electron chi connectivity index (χ4n) is 5.05. The molecule has 3 atom stereocenters. The quantitative estimate of drug-likeness (QED) is 0.670. The monoisotopic (exact) mass is 404 g/mol. The number of fused-ring (bicyclic) bond motifs is 3. The van der Waals surface area contributed by atoms with Crippen molar-refractivity contribution in [2.24, 2.45) is 5.92 Å². The molecule has 3 unspecified atom stereocenters. The number of halogens is 2. The Morgan fingerprint density at radius 3 is 2.70 bits per heavy atom. The number of likely N-dealkylation sites (tertiary alicyclic amines) is 1. The zero-order chi connectivity index (χ0) is 18.3. The van der Waals surface area contributed by atoms with Crippen LogP contribution in [0.15, 0.2) is 42.5 Å². The van der Waals surface area contributed by atoms with Crippen molar-refractivity contribution in [3.8, 4) is 0 Å². The lowest BCUT2D eigenvalue weighted by Crippen LogP contribution is -2.32. The molecule has 0 N–H and O–H groups in total. The van der Waals surface area contributed by atoms with Crippen molar-refractivity contribution in [3.63, 3.8) is 0 Å². The minimum absolute atomic E-state index is 0. The summed E-state index contributed by atoms with van der Waals surface area (Å²) in [4.78, 5) is 4.78. The first-order valence-electron chi connectivity index (χ1n) is 9.86. The molecule has 0 amide bonds. The Hall–Kier alpha value is -1.22. The average molecular weight is 405 g/mol. The van der Waals surface area contributed by atoms with E-state index in [2.05, 4.69) is 73.3 Å². The van der Waals surface area contributed by atoms with Gasteiger partial charge in [0.25, 0.3) is 0 Å². The topological polar surface area (TPSA) is 6.48 Å². The van der Waals surface area contributed by atoms with Crippen LogP contribution in [-0.4, -0.2) is 38.1 Å². The van der Waals surface area contributed by atoms with Gasteiger partial charge in [0.15, 0.2) is 0 Å². The summed E-state index contributed by atoms with van der Waals surface area (Å²) in [7, 11) is 4.39. The van der Waals surface area contributed by atoms with E-state index in [0.717, 1.165) is 29.6 Å². The minimum atomic E-state index is 0. The molecule has 1 fully saturated rings. The van der Waals surface area contributed by atoms with Crippen molar-refractivity contribution >= 4 is 29.7 Å². The first kappa shape index (κ1) is 20.5. The predicted octanol–water partition coefficient (Wildman–Crippen LogP) is 5.42. The fraction of sp³-hybridized carbons (Fsp3) is 0.478. The molecule has 4 heteroatoms. The predicted molar refractivity (Wildman–Crippen MR) is 119 cm³/mol. The normalized spacial score (nSPS) is 24.1. The van der Waals surface area contributed by atoms with Gasteiger partial charge in [0, 0.05) is 32.1 Å². The highest BCUT2D eigenvalue weighted by atomic mass is 35.5. The van der Waals surface area contributed by atoms with Gasteiger partial charge in [0.1, 0.15) is 0 Å². The molecule has 146 valence electrons. The van der Waals surface area contributed by atoms with Gasteiger partial charge in [-0.1, -0.05) is 41.9 Å². The first-order chi connectivity index (χ1) is 12.6. The van der Waals surface area contributed by atoms with Crippen LogP contribution in [0.25, 0.3) is 0 Å². The van der Waals surface area contributed by atoms with E-state index in [0.29, 0.717) is 12.0 Å². The maximum absolute atomic E-state index is 6.57. The number of anilines is 1. The fourth-order valence-corrected chi connectivity index (χ4v) is 5.40. The summed E-state index contributed by atoms with van der Waals surface area (Å²) in [5.74, 6) is 1.45. The van der Waals surface area contributed by atoms with Crippen molar-refractivity contribution < 1.29 is 0 Å². The Balaban J connectivity index is 0.00000210. The van der Waals surface area contributed by atoms with Crippen LogP contribution in [0.2, 0.25) is 5.02 Å². The number of likely N-dealkylation sites (N-methyl/N-ethyl adjacent to an activating group) is 1. The summed E-state index contributed by atoms with van der Waals surface area (Å²) < 4.78 is 0. The SMILES string of the molecule is CCN(C)c1ccc(CC2C3CCc4ccccc4C3CN2C)cc1Cl.Cl. The van der Waals surface area contributed by atoms with E-state index in [1.54, 1.807) is 11.1 Å². The van der Waals surface area contributed by atoms with E-state index in [-0.39, 0.29) is 12.4 Å². The van der Waals surface area contributed by atoms with Gasteiger partial charge in [-0.15, -0.1) is 12.4 Å². The summed E-state index contributed by atoms with van der Waals surface area (Å²) in [5.41, 5.74) is 5.65. The van der Waals surface area contributed by atoms with E-state index in [4.69, 9.17) is 11.6 Å². The van der Waals surface area contributed by atoms with Crippen LogP contribution in [0.4, 0.5) is 5.69 Å².